The van der Waals surface area contributed by atoms with E-state index in [0.29, 0.717) is 0 Å². The van der Waals surface area contributed by atoms with Gasteiger partial charge in [0, 0.05) is 9.52 Å². The van der Waals surface area contributed by atoms with Gasteiger partial charge in [-0.3, -0.25) is 18.2 Å². The molecule has 0 aromatic heterocycles. The number of rotatable bonds is 4. The van der Waals surface area contributed by atoms with Crippen LogP contribution in [0.5, 0.6) is 0 Å². The van der Waals surface area contributed by atoms with Crippen molar-refractivity contribution >= 4 is 34.3 Å². The predicted molar refractivity (Wildman–Crippen MR) is 149 cm³/mol. The minimum absolute atomic E-state index is 0. The van der Waals surface area contributed by atoms with Gasteiger partial charge in [0.25, 0.3) is 0 Å². The molecule has 0 aromatic rings. The second-order valence-corrected chi connectivity index (χ2v) is 9.47. The first-order valence-corrected chi connectivity index (χ1v) is 13.6. The van der Waals surface area contributed by atoms with Crippen molar-refractivity contribution in [1.29, 1.82) is 0 Å². The van der Waals surface area contributed by atoms with Crippen LogP contribution in [-0.2, 0) is 26.2 Å². The maximum absolute atomic E-state index is 3.44. The summed E-state index contributed by atoms with van der Waals surface area (Å²) in [6, 6.07) is 0. The van der Waals surface area contributed by atoms with E-state index in [-0.39, 0.29) is 56.4 Å². The first kappa shape index (κ1) is 39.3. The summed E-state index contributed by atoms with van der Waals surface area (Å²) < 4.78 is 0. The summed E-state index contributed by atoms with van der Waals surface area (Å²) in [5.41, 5.74) is 7.19. The quantitative estimate of drug-likeness (QED) is 0.232. The fraction of sp³-hybridized carbons (Fsp3) is 0.571. The van der Waals surface area contributed by atoms with E-state index in [2.05, 4.69) is 104 Å². The predicted octanol–water partition coefficient (Wildman–Crippen LogP) is 9.42. The summed E-state index contributed by atoms with van der Waals surface area (Å²) in [6.07, 6.45) is 25.6. The zero-order chi connectivity index (χ0) is 22.3. The van der Waals surface area contributed by atoms with Crippen LogP contribution in [0.1, 0.15) is 87.0 Å². The molecular formula is C28H46Cl2SiZr. The molecular weight excluding hydrogens is 527 g/mol. The van der Waals surface area contributed by atoms with Gasteiger partial charge in [0.1, 0.15) is 0 Å². The SMILES string of the molecule is CC1=[C-]C(C)(C)C(C)=C1C.CCCC1=[C-]CC=C1.CCCC1=[C-]CC=C1.C[SiH]C.Cl.Cl.[Zr+3]. The molecule has 0 saturated carbocycles. The third-order valence-corrected chi connectivity index (χ3v) is 5.13. The first-order valence-electron chi connectivity index (χ1n) is 11.3. The molecule has 3 aliphatic carbocycles. The molecule has 2 radical (unpaired) electrons. The van der Waals surface area contributed by atoms with E-state index >= 15 is 0 Å². The van der Waals surface area contributed by atoms with Crippen molar-refractivity contribution in [3.8, 4) is 0 Å². The fourth-order valence-electron chi connectivity index (χ4n) is 3.19. The van der Waals surface area contributed by atoms with Crippen molar-refractivity contribution in [3.05, 3.63) is 70.4 Å². The van der Waals surface area contributed by atoms with E-state index in [9.17, 15) is 0 Å². The molecule has 3 aliphatic rings. The molecule has 0 aromatic carbocycles. The van der Waals surface area contributed by atoms with Gasteiger partial charge in [-0.25, -0.2) is 28.9 Å². The second kappa shape index (κ2) is 22.9. The molecule has 0 aliphatic heterocycles. The Labute approximate surface area is 235 Å². The molecule has 0 heterocycles. The van der Waals surface area contributed by atoms with E-state index in [1.807, 2.05) is 0 Å². The van der Waals surface area contributed by atoms with E-state index in [1.54, 1.807) is 0 Å². The van der Waals surface area contributed by atoms with E-state index in [1.165, 1.54) is 53.5 Å². The molecule has 0 atom stereocenters. The number of allylic oxidation sites excluding steroid dienone is 12. The van der Waals surface area contributed by atoms with Gasteiger partial charge in [0.15, 0.2) is 0 Å². The van der Waals surface area contributed by atoms with Crippen LogP contribution in [0, 0.1) is 23.6 Å². The fourth-order valence-corrected chi connectivity index (χ4v) is 3.19. The molecule has 0 fully saturated rings. The third kappa shape index (κ3) is 16.7. The minimum Gasteiger partial charge on any atom is -0.269 e. The van der Waals surface area contributed by atoms with Crippen molar-refractivity contribution in [3.63, 3.8) is 0 Å². The van der Waals surface area contributed by atoms with Crippen LogP contribution >= 0.6 is 24.8 Å². The largest absolute Gasteiger partial charge is 3.00 e. The Morgan fingerprint density at radius 2 is 1.22 bits per heavy atom. The monoisotopic (exact) mass is 570 g/mol. The van der Waals surface area contributed by atoms with Gasteiger partial charge in [-0.1, -0.05) is 85.7 Å². The van der Waals surface area contributed by atoms with Crippen molar-refractivity contribution < 1.29 is 26.2 Å². The van der Waals surface area contributed by atoms with Crippen LogP contribution in [0.4, 0.5) is 0 Å². The van der Waals surface area contributed by atoms with Crippen LogP contribution in [0.25, 0.3) is 0 Å². The molecule has 0 bridgehead atoms. The maximum Gasteiger partial charge on any atom is 3.00 e. The summed E-state index contributed by atoms with van der Waals surface area (Å²) in [7, 11) is 0.750. The van der Waals surface area contributed by atoms with E-state index in [4.69, 9.17) is 0 Å². The molecule has 0 spiro atoms. The summed E-state index contributed by atoms with van der Waals surface area (Å²) in [6.45, 7) is 19.7. The van der Waals surface area contributed by atoms with Gasteiger partial charge >= 0.3 is 26.2 Å². The van der Waals surface area contributed by atoms with Crippen molar-refractivity contribution in [2.45, 2.75) is 100 Å². The molecule has 4 heteroatoms. The van der Waals surface area contributed by atoms with Gasteiger partial charge in [0.2, 0.25) is 0 Å². The Bertz CT molecular complexity index is 633. The standard InChI is InChI=1S/C10H15.2C8H11.C2H7Si.2ClH.Zr/c1-7-6-10(4,5)9(3)8(7)2;2*1-2-5-8-6-3-4-7-8;1-3-2;;;/h1-5H3;2*3,6H,2,4-5H2,1H3;3H,1-2H3;2*1H;/q3*-1;;;;+3. The van der Waals surface area contributed by atoms with E-state index < -0.39 is 0 Å². The maximum atomic E-state index is 3.44. The summed E-state index contributed by atoms with van der Waals surface area (Å²) in [5, 5.41) is 0. The van der Waals surface area contributed by atoms with Gasteiger partial charge in [-0.2, -0.15) is 23.3 Å². The minimum atomic E-state index is 0. The van der Waals surface area contributed by atoms with Gasteiger partial charge < -0.3 is 0 Å². The molecule has 0 unspecified atom stereocenters. The van der Waals surface area contributed by atoms with Crippen LogP contribution in [0.15, 0.2) is 52.2 Å². The average molecular weight is 573 g/mol. The average Bonchev–Trinajstić information content (AvgIpc) is 3.39. The van der Waals surface area contributed by atoms with Crippen molar-refractivity contribution in [1.82, 2.24) is 0 Å². The Kier molecular flexibility index (Phi) is 28.1. The Morgan fingerprint density at radius 3 is 1.38 bits per heavy atom. The molecule has 0 amide bonds. The zero-order valence-corrected chi connectivity index (χ0v) is 27.2. The molecule has 0 nitrogen and oxygen atoms in total. The molecule has 3 rings (SSSR count). The van der Waals surface area contributed by atoms with Crippen molar-refractivity contribution in [2.75, 3.05) is 0 Å². The van der Waals surface area contributed by atoms with Gasteiger partial charge in [0.05, 0.1) is 0 Å². The zero-order valence-electron chi connectivity index (χ0n) is 21.9. The van der Waals surface area contributed by atoms with Crippen molar-refractivity contribution in [2.24, 2.45) is 5.41 Å². The first-order chi connectivity index (χ1) is 13.7. The van der Waals surface area contributed by atoms with Crippen LogP contribution < -0.4 is 0 Å². The topological polar surface area (TPSA) is 0 Å². The smallest absolute Gasteiger partial charge is 0.269 e. The second-order valence-electron chi connectivity index (χ2n) is 8.32. The third-order valence-electron chi connectivity index (χ3n) is 5.13. The molecule has 0 N–H and O–H groups in total. The summed E-state index contributed by atoms with van der Waals surface area (Å²) in [5.74, 6) is 0. The van der Waals surface area contributed by atoms with Crippen LogP contribution in [-0.4, -0.2) is 9.52 Å². The normalized spacial score (nSPS) is 16.3. The Balaban J connectivity index is -0.000000167. The van der Waals surface area contributed by atoms with Gasteiger partial charge in [-0.05, 0) is 0 Å². The molecule has 32 heavy (non-hydrogen) atoms. The molecule has 0 saturated heterocycles. The van der Waals surface area contributed by atoms with Crippen LogP contribution in [0.2, 0.25) is 13.1 Å². The van der Waals surface area contributed by atoms with E-state index in [0.717, 1.165) is 22.4 Å². The Morgan fingerprint density at radius 1 is 0.844 bits per heavy atom. The van der Waals surface area contributed by atoms with Gasteiger partial charge in [-0.15, -0.1) is 44.6 Å². The Hall–Kier alpha value is 0.120. The number of hydrogen-bond donors (Lipinski definition) is 0. The molecule has 180 valence electrons. The summed E-state index contributed by atoms with van der Waals surface area (Å²) in [4.78, 5) is 0. The number of halogens is 2. The van der Waals surface area contributed by atoms with Crippen LogP contribution in [0.3, 0.4) is 0 Å². The number of hydrogen-bond acceptors (Lipinski definition) is 0. The summed E-state index contributed by atoms with van der Waals surface area (Å²) >= 11 is 0.